The maximum absolute atomic E-state index is 13.1. The second-order valence-corrected chi connectivity index (χ2v) is 12.7. The molecule has 1 amide bonds. The minimum absolute atomic E-state index is 0.0219. The molecule has 0 N–H and O–H groups in total. The molecule has 6 rings (SSSR count). The minimum Gasteiger partial charge on any atom is -0.493 e. The standard InChI is InChI=1S/C35H46N4O6/c1-35(2)10-9-25-20-32(31(42-4)23-29(25)45-35)43-18-6-11-37-14-16-38(17-15-37)12-7-19-44-33-22-28-27(21-30(33)41-3)34(40)39-13-5-8-26(39)24-36-28/h9-10,20-24,26H,5-8,11-19H2,1-4H3/t26-/m0/s1. The van der Waals surface area contributed by atoms with Gasteiger partial charge >= 0.3 is 0 Å². The lowest BCUT2D eigenvalue weighted by Gasteiger charge is -2.34. The van der Waals surface area contributed by atoms with Gasteiger partial charge in [0, 0.05) is 69.7 Å². The molecule has 0 saturated carbocycles. The summed E-state index contributed by atoms with van der Waals surface area (Å²) in [6, 6.07) is 7.64. The van der Waals surface area contributed by atoms with E-state index in [-0.39, 0.29) is 17.6 Å². The predicted molar refractivity (Wildman–Crippen MR) is 175 cm³/mol. The number of hydrogen-bond donors (Lipinski definition) is 0. The van der Waals surface area contributed by atoms with Crippen LogP contribution in [0, 0.1) is 0 Å². The summed E-state index contributed by atoms with van der Waals surface area (Å²) < 4.78 is 29.5. The average Bonchev–Trinajstić information content (AvgIpc) is 3.48. The van der Waals surface area contributed by atoms with Crippen LogP contribution >= 0.6 is 0 Å². The van der Waals surface area contributed by atoms with Gasteiger partial charge in [0.15, 0.2) is 23.0 Å². The molecule has 2 fully saturated rings. The van der Waals surface area contributed by atoms with E-state index in [0.717, 1.165) is 88.6 Å². The molecule has 1 atom stereocenters. The van der Waals surface area contributed by atoms with Crippen molar-refractivity contribution in [3.05, 3.63) is 41.5 Å². The van der Waals surface area contributed by atoms with Gasteiger partial charge in [0.25, 0.3) is 5.91 Å². The largest absolute Gasteiger partial charge is 0.493 e. The average molecular weight is 619 g/mol. The van der Waals surface area contributed by atoms with Crippen LogP contribution < -0.4 is 23.7 Å². The van der Waals surface area contributed by atoms with Crippen molar-refractivity contribution in [3.63, 3.8) is 0 Å². The molecule has 2 saturated heterocycles. The Morgan fingerprint density at radius 2 is 1.51 bits per heavy atom. The van der Waals surface area contributed by atoms with E-state index >= 15 is 0 Å². The highest BCUT2D eigenvalue weighted by atomic mass is 16.5. The minimum atomic E-state index is -0.328. The van der Waals surface area contributed by atoms with Crippen LogP contribution in [-0.2, 0) is 0 Å². The molecular formula is C35H46N4O6. The molecule has 0 aliphatic carbocycles. The summed E-state index contributed by atoms with van der Waals surface area (Å²) in [6.45, 7) is 12.2. The van der Waals surface area contributed by atoms with Crippen LogP contribution in [0.25, 0.3) is 6.08 Å². The third-order valence-corrected chi connectivity index (χ3v) is 9.01. The first kappa shape index (κ1) is 31.2. The lowest BCUT2D eigenvalue weighted by atomic mass is 10.0. The van der Waals surface area contributed by atoms with Crippen LogP contribution in [0.4, 0.5) is 5.69 Å². The Kier molecular flexibility index (Phi) is 9.51. The maximum atomic E-state index is 13.1. The van der Waals surface area contributed by atoms with Gasteiger partial charge in [-0.3, -0.25) is 9.79 Å². The molecule has 4 heterocycles. The summed E-state index contributed by atoms with van der Waals surface area (Å²) in [5.74, 6) is 3.50. The SMILES string of the molecule is COc1cc2c(cc1OCCCN1CCN(CCCOc3cc4c(cc3OC)C(=O)N3CCC[C@H]3C=N4)CC1)C=CC(C)(C)O2. The summed E-state index contributed by atoms with van der Waals surface area (Å²) in [7, 11) is 3.28. The zero-order valence-corrected chi connectivity index (χ0v) is 27.0. The third kappa shape index (κ3) is 7.23. The second-order valence-electron chi connectivity index (χ2n) is 12.7. The highest BCUT2D eigenvalue weighted by molar-refractivity contribution is 6.03. The molecule has 10 nitrogen and oxygen atoms in total. The van der Waals surface area contributed by atoms with Gasteiger partial charge in [-0.05, 0) is 57.7 Å². The van der Waals surface area contributed by atoms with E-state index in [0.29, 0.717) is 41.7 Å². The van der Waals surface area contributed by atoms with Gasteiger partial charge < -0.3 is 38.4 Å². The van der Waals surface area contributed by atoms with Crippen molar-refractivity contribution >= 4 is 23.9 Å². The molecule has 45 heavy (non-hydrogen) atoms. The summed E-state index contributed by atoms with van der Waals surface area (Å²) in [5, 5.41) is 0. The molecule has 0 unspecified atom stereocenters. The van der Waals surface area contributed by atoms with Crippen molar-refractivity contribution in [1.82, 2.24) is 14.7 Å². The molecule has 2 aromatic carbocycles. The van der Waals surface area contributed by atoms with Crippen molar-refractivity contribution < 1.29 is 28.5 Å². The highest BCUT2D eigenvalue weighted by Crippen LogP contribution is 2.40. The van der Waals surface area contributed by atoms with Crippen molar-refractivity contribution in [3.8, 4) is 28.7 Å². The quantitative estimate of drug-likeness (QED) is 0.305. The van der Waals surface area contributed by atoms with Gasteiger partial charge in [-0.15, -0.1) is 0 Å². The van der Waals surface area contributed by atoms with E-state index < -0.39 is 0 Å². The summed E-state index contributed by atoms with van der Waals surface area (Å²) in [4.78, 5) is 24.6. The highest BCUT2D eigenvalue weighted by Gasteiger charge is 2.32. The molecule has 0 aromatic heterocycles. The first-order chi connectivity index (χ1) is 21.8. The Hall–Kier alpha value is -3.76. The first-order valence-electron chi connectivity index (χ1n) is 16.2. The second kappa shape index (κ2) is 13.7. The number of fused-ring (bicyclic) bond motifs is 3. The zero-order valence-electron chi connectivity index (χ0n) is 27.0. The number of carbonyl (C=O) groups excluding carboxylic acids is 1. The number of rotatable bonds is 12. The van der Waals surface area contributed by atoms with Gasteiger partial charge in [-0.25, -0.2) is 0 Å². The summed E-state index contributed by atoms with van der Waals surface area (Å²) in [5.41, 5.74) is 1.92. The predicted octanol–water partition coefficient (Wildman–Crippen LogP) is 5.06. The molecule has 0 spiro atoms. The molecule has 0 bridgehead atoms. The Balaban J connectivity index is 0.907. The van der Waals surface area contributed by atoms with E-state index in [9.17, 15) is 4.79 Å². The lowest BCUT2D eigenvalue weighted by Crippen LogP contribution is -2.47. The number of benzene rings is 2. The summed E-state index contributed by atoms with van der Waals surface area (Å²) in [6.07, 6.45) is 9.89. The zero-order chi connectivity index (χ0) is 31.4. The maximum Gasteiger partial charge on any atom is 0.256 e. The van der Waals surface area contributed by atoms with Gasteiger partial charge in [0.2, 0.25) is 0 Å². The fraction of sp³-hybridized carbons (Fsp3) is 0.543. The van der Waals surface area contributed by atoms with Crippen molar-refractivity contribution in [2.24, 2.45) is 4.99 Å². The Morgan fingerprint density at radius 1 is 0.867 bits per heavy atom. The van der Waals surface area contributed by atoms with Gasteiger partial charge in [-0.2, -0.15) is 0 Å². The van der Waals surface area contributed by atoms with Crippen molar-refractivity contribution in [2.45, 2.75) is 51.2 Å². The third-order valence-electron chi connectivity index (χ3n) is 9.01. The summed E-state index contributed by atoms with van der Waals surface area (Å²) >= 11 is 0. The van der Waals surface area contributed by atoms with Gasteiger partial charge in [0.1, 0.15) is 11.4 Å². The number of nitrogens with zero attached hydrogens (tertiary/aromatic N) is 4. The molecule has 242 valence electrons. The van der Waals surface area contributed by atoms with E-state index in [2.05, 4.69) is 26.9 Å². The van der Waals surface area contributed by atoms with Crippen LogP contribution in [0.5, 0.6) is 28.7 Å². The number of carbonyl (C=O) groups is 1. The van der Waals surface area contributed by atoms with Crippen LogP contribution in [0.3, 0.4) is 0 Å². The van der Waals surface area contributed by atoms with E-state index in [1.807, 2.05) is 43.2 Å². The molecule has 2 aromatic rings. The van der Waals surface area contributed by atoms with Crippen LogP contribution in [0.1, 0.15) is 55.5 Å². The van der Waals surface area contributed by atoms with Crippen molar-refractivity contribution in [1.29, 1.82) is 0 Å². The Morgan fingerprint density at radius 3 is 2.18 bits per heavy atom. The van der Waals surface area contributed by atoms with Crippen molar-refractivity contribution in [2.75, 3.05) is 73.2 Å². The number of amides is 1. The first-order valence-corrected chi connectivity index (χ1v) is 16.2. The molecule has 10 heteroatoms. The van der Waals surface area contributed by atoms with E-state index in [1.165, 1.54) is 0 Å². The number of hydrogen-bond acceptors (Lipinski definition) is 9. The lowest BCUT2D eigenvalue weighted by molar-refractivity contribution is 0.0774. The van der Waals surface area contributed by atoms with E-state index in [1.54, 1.807) is 20.3 Å². The smallest absolute Gasteiger partial charge is 0.256 e. The number of aliphatic imine (C=N–C) groups is 1. The van der Waals surface area contributed by atoms with E-state index in [4.69, 9.17) is 23.7 Å². The molecular weight excluding hydrogens is 572 g/mol. The van der Waals surface area contributed by atoms with Crippen LogP contribution in [0.15, 0.2) is 35.3 Å². The van der Waals surface area contributed by atoms with Crippen LogP contribution in [-0.4, -0.2) is 112 Å². The molecule has 4 aliphatic heterocycles. The molecule has 0 radical (unpaired) electrons. The Bertz CT molecular complexity index is 1430. The molecule has 4 aliphatic rings. The van der Waals surface area contributed by atoms with Gasteiger partial charge in [0.05, 0.1) is 44.7 Å². The number of ether oxygens (including phenoxy) is 5. The van der Waals surface area contributed by atoms with Crippen LogP contribution in [0.2, 0.25) is 0 Å². The fourth-order valence-corrected chi connectivity index (χ4v) is 6.45. The normalized spacial score (nSPS) is 20.6. The number of methoxy groups -OCH3 is 2. The fourth-order valence-electron chi connectivity index (χ4n) is 6.45. The number of piperazine rings is 1. The van der Waals surface area contributed by atoms with Gasteiger partial charge in [-0.1, -0.05) is 6.08 Å². The monoisotopic (exact) mass is 618 g/mol. The Labute approximate surface area is 266 Å². The topological polar surface area (TPSA) is 85.3 Å².